The highest BCUT2D eigenvalue weighted by Gasteiger charge is 2.20. The van der Waals surface area contributed by atoms with E-state index in [0.29, 0.717) is 23.9 Å². The number of carbonyl (C=O) groups is 1. The third-order valence-electron chi connectivity index (χ3n) is 4.29. The first-order valence-corrected chi connectivity index (χ1v) is 9.57. The summed E-state index contributed by atoms with van der Waals surface area (Å²) >= 11 is 0. The van der Waals surface area contributed by atoms with Gasteiger partial charge >= 0.3 is 0 Å². The van der Waals surface area contributed by atoms with Crippen LogP contribution in [0, 0.1) is 6.92 Å². The second-order valence-electron chi connectivity index (χ2n) is 7.02. The summed E-state index contributed by atoms with van der Waals surface area (Å²) in [6.07, 6.45) is 0. The number of nitrogens with zero attached hydrogens (tertiary/aromatic N) is 3. The molecule has 0 aliphatic carbocycles. The number of aryl methyl sites for hydroxylation is 1. The Morgan fingerprint density at radius 2 is 1.79 bits per heavy atom. The van der Waals surface area contributed by atoms with Gasteiger partial charge in [-0.1, -0.05) is 42.5 Å². The maximum Gasteiger partial charge on any atom is 0.277 e. The molecule has 3 rings (SSSR count). The molecule has 1 aromatic heterocycles. The van der Waals surface area contributed by atoms with Gasteiger partial charge in [-0.05, 0) is 45.4 Å². The molecular formula is C23H26N4O. The molecule has 0 saturated carbocycles. The maximum absolute atomic E-state index is 13.3. The first-order chi connectivity index (χ1) is 13.5. The van der Waals surface area contributed by atoms with E-state index in [1.54, 1.807) is 11.0 Å². The Kier molecular flexibility index (Phi) is 6.04. The molecule has 144 valence electrons. The van der Waals surface area contributed by atoms with E-state index in [1.807, 2.05) is 82.3 Å². The average molecular weight is 374 g/mol. The second-order valence-corrected chi connectivity index (χ2v) is 7.02. The zero-order valence-electron chi connectivity index (χ0n) is 16.8. The summed E-state index contributed by atoms with van der Waals surface area (Å²) < 4.78 is 0. The molecule has 28 heavy (non-hydrogen) atoms. The standard InChI is InChI=1S/C23H26N4O/c1-5-27(19-13-9-10-17(4)14-19)23(28)20-15-21(24-16(2)3)26-22(25-20)18-11-7-6-8-12-18/h6-16H,5H2,1-4H3,(H,24,25,26). The van der Waals surface area contributed by atoms with Crippen molar-refractivity contribution < 1.29 is 4.79 Å². The number of anilines is 2. The first-order valence-electron chi connectivity index (χ1n) is 9.57. The topological polar surface area (TPSA) is 58.1 Å². The Morgan fingerprint density at radius 1 is 1.04 bits per heavy atom. The van der Waals surface area contributed by atoms with Crippen molar-refractivity contribution in [1.82, 2.24) is 9.97 Å². The van der Waals surface area contributed by atoms with Crippen molar-refractivity contribution in [3.05, 3.63) is 71.9 Å². The summed E-state index contributed by atoms with van der Waals surface area (Å²) in [4.78, 5) is 24.2. The van der Waals surface area contributed by atoms with Crippen LogP contribution in [0.5, 0.6) is 0 Å². The van der Waals surface area contributed by atoms with Crippen LogP contribution in [-0.4, -0.2) is 28.5 Å². The summed E-state index contributed by atoms with van der Waals surface area (Å²) in [5.41, 5.74) is 3.23. The normalized spacial score (nSPS) is 10.8. The number of benzene rings is 2. The highest BCUT2D eigenvalue weighted by atomic mass is 16.2. The monoisotopic (exact) mass is 374 g/mol. The van der Waals surface area contributed by atoms with Crippen molar-refractivity contribution in [2.45, 2.75) is 33.7 Å². The molecule has 0 saturated heterocycles. The average Bonchev–Trinajstić information content (AvgIpc) is 2.68. The molecule has 0 aliphatic heterocycles. The van der Waals surface area contributed by atoms with Crippen LogP contribution in [0.25, 0.3) is 11.4 Å². The molecule has 5 nitrogen and oxygen atoms in total. The third-order valence-corrected chi connectivity index (χ3v) is 4.29. The molecule has 0 unspecified atom stereocenters. The molecular weight excluding hydrogens is 348 g/mol. The summed E-state index contributed by atoms with van der Waals surface area (Å²) in [6, 6.07) is 19.6. The fraction of sp³-hybridized carbons (Fsp3) is 0.261. The summed E-state index contributed by atoms with van der Waals surface area (Å²) in [5, 5.41) is 3.29. The Hall–Kier alpha value is -3.21. The number of nitrogens with one attached hydrogen (secondary N) is 1. The van der Waals surface area contributed by atoms with Crippen LogP contribution in [0.15, 0.2) is 60.7 Å². The van der Waals surface area contributed by atoms with E-state index in [0.717, 1.165) is 16.8 Å². The quantitative estimate of drug-likeness (QED) is 0.664. The highest BCUT2D eigenvalue weighted by Crippen LogP contribution is 2.22. The number of amides is 1. The van der Waals surface area contributed by atoms with Gasteiger partial charge in [-0.25, -0.2) is 9.97 Å². The summed E-state index contributed by atoms with van der Waals surface area (Å²) in [7, 11) is 0. The van der Waals surface area contributed by atoms with E-state index in [-0.39, 0.29) is 11.9 Å². The molecule has 5 heteroatoms. The fourth-order valence-corrected chi connectivity index (χ4v) is 3.02. The van der Waals surface area contributed by atoms with Crippen LogP contribution in [0.2, 0.25) is 0 Å². The maximum atomic E-state index is 13.3. The molecule has 2 aromatic carbocycles. The van der Waals surface area contributed by atoms with Gasteiger partial charge in [-0.2, -0.15) is 0 Å². The molecule has 0 atom stereocenters. The lowest BCUT2D eigenvalue weighted by Crippen LogP contribution is -2.31. The predicted octanol–water partition coefficient (Wildman–Crippen LogP) is 4.94. The van der Waals surface area contributed by atoms with Crippen LogP contribution in [-0.2, 0) is 0 Å². The van der Waals surface area contributed by atoms with Gasteiger partial charge in [-0.3, -0.25) is 4.79 Å². The van der Waals surface area contributed by atoms with E-state index >= 15 is 0 Å². The lowest BCUT2D eigenvalue weighted by Gasteiger charge is -2.22. The molecule has 0 bridgehead atoms. The van der Waals surface area contributed by atoms with Gasteiger partial charge in [0.05, 0.1) is 0 Å². The van der Waals surface area contributed by atoms with Crippen LogP contribution in [0.4, 0.5) is 11.5 Å². The molecule has 1 heterocycles. The minimum absolute atomic E-state index is 0.139. The summed E-state index contributed by atoms with van der Waals surface area (Å²) in [5.74, 6) is 1.04. The van der Waals surface area contributed by atoms with Crippen LogP contribution < -0.4 is 10.2 Å². The van der Waals surface area contributed by atoms with Crippen molar-refractivity contribution in [1.29, 1.82) is 0 Å². The Balaban J connectivity index is 2.04. The van der Waals surface area contributed by atoms with Gasteiger partial charge in [0.1, 0.15) is 11.5 Å². The van der Waals surface area contributed by atoms with Gasteiger partial charge in [-0.15, -0.1) is 0 Å². The van der Waals surface area contributed by atoms with Crippen molar-refractivity contribution in [2.24, 2.45) is 0 Å². The van der Waals surface area contributed by atoms with Crippen LogP contribution in [0.1, 0.15) is 36.8 Å². The molecule has 0 radical (unpaired) electrons. The highest BCUT2D eigenvalue weighted by molar-refractivity contribution is 6.05. The van der Waals surface area contributed by atoms with E-state index in [9.17, 15) is 4.79 Å². The van der Waals surface area contributed by atoms with Gasteiger partial charge in [0, 0.05) is 29.9 Å². The Morgan fingerprint density at radius 3 is 2.43 bits per heavy atom. The summed E-state index contributed by atoms with van der Waals surface area (Å²) in [6.45, 7) is 8.62. The lowest BCUT2D eigenvalue weighted by molar-refractivity contribution is 0.0983. The molecule has 0 fully saturated rings. The van der Waals surface area contributed by atoms with E-state index in [4.69, 9.17) is 0 Å². The molecule has 1 N–H and O–H groups in total. The first kappa shape index (κ1) is 19.5. The number of carbonyl (C=O) groups excluding carboxylic acids is 1. The lowest BCUT2D eigenvalue weighted by atomic mass is 10.2. The van der Waals surface area contributed by atoms with Crippen molar-refractivity contribution in [3.63, 3.8) is 0 Å². The van der Waals surface area contributed by atoms with Gasteiger partial charge in [0.2, 0.25) is 0 Å². The SMILES string of the molecule is CCN(C(=O)c1cc(NC(C)C)nc(-c2ccccc2)n1)c1cccc(C)c1. The molecule has 0 aliphatic rings. The molecule has 1 amide bonds. The predicted molar refractivity (Wildman–Crippen MR) is 115 cm³/mol. The third kappa shape index (κ3) is 4.55. The Bertz CT molecular complexity index is 954. The minimum atomic E-state index is -0.139. The van der Waals surface area contributed by atoms with Gasteiger partial charge in [0.25, 0.3) is 5.91 Å². The number of aromatic nitrogens is 2. The second kappa shape index (κ2) is 8.65. The van der Waals surface area contributed by atoms with Crippen molar-refractivity contribution >= 4 is 17.4 Å². The smallest absolute Gasteiger partial charge is 0.277 e. The Labute approximate surface area is 166 Å². The number of hydrogen-bond donors (Lipinski definition) is 1. The van der Waals surface area contributed by atoms with Crippen molar-refractivity contribution in [3.8, 4) is 11.4 Å². The molecule has 0 spiro atoms. The van der Waals surface area contributed by atoms with Gasteiger partial charge in [0.15, 0.2) is 5.82 Å². The zero-order valence-corrected chi connectivity index (χ0v) is 16.8. The molecule has 3 aromatic rings. The van der Waals surface area contributed by atoms with Gasteiger partial charge < -0.3 is 10.2 Å². The minimum Gasteiger partial charge on any atom is -0.368 e. The zero-order chi connectivity index (χ0) is 20.1. The fourth-order valence-electron chi connectivity index (χ4n) is 3.02. The van der Waals surface area contributed by atoms with Crippen molar-refractivity contribution in [2.75, 3.05) is 16.8 Å². The van der Waals surface area contributed by atoms with Crippen LogP contribution in [0.3, 0.4) is 0 Å². The number of hydrogen-bond acceptors (Lipinski definition) is 4. The van der Waals surface area contributed by atoms with E-state index < -0.39 is 0 Å². The largest absolute Gasteiger partial charge is 0.368 e. The van der Waals surface area contributed by atoms with Crippen LogP contribution >= 0.6 is 0 Å². The van der Waals surface area contributed by atoms with E-state index in [1.165, 1.54) is 0 Å². The number of rotatable bonds is 6. The van der Waals surface area contributed by atoms with E-state index in [2.05, 4.69) is 15.3 Å².